The highest BCUT2D eigenvalue weighted by atomic mass is 19.4. The fraction of sp³-hybridized carbons (Fsp3) is 0.222. The zero-order valence-corrected chi connectivity index (χ0v) is 13.1. The number of pyridine rings is 1. The fourth-order valence-corrected chi connectivity index (χ4v) is 2.39. The molecule has 0 N–H and O–H groups in total. The van der Waals surface area contributed by atoms with Crippen molar-refractivity contribution >= 4 is 12.0 Å². The van der Waals surface area contributed by atoms with Gasteiger partial charge in [-0.2, -0.15) is 13.2 Å². The molecule has 0 aliphatic carbocycles. The first-order valence-electron chi connectivity index (χ1n) is 7.64. The van der Waals surface area contributed by atoms with E-state index in [1.807, 2.05) is 30.3 Å². The minimum atomic E-state index is -4.53. The zero-order chi connectivity index (χ0) is 17.9. The highest BCUT2D eigenvalue weighted by Gasteiger charge is 2.38. The molecule has 25 heavy (non-hydrogen) atoms. The maximum atomic E-state index is 12.9. The number of likely N-dealkylation sites (tertiary alicyclic amines) is 1. The molecule has 3 rings (SSSR count). The molecular weight excluding hydrogens is 333 g/mol. The summed E-state index contributed by atoms with van der Waals surface area (Å²) in [5.41, 5.74) is -0.0174. The van der Waals surface area contributed by atoms with Crippen LogP contribution in [-0.2, 0) is 11.0 Å². The van der Waals surface area contributed by atoms with Crippen molar-refractivity contribution in [1.82, 2.24) is 9.88 Å². The van der Waals surface area contributed by atoms with Gasteiger partial charge in [0.1, 0.15) is 11.7 Å². The minimum absolute atomic E-state index is 0.208. The van der Waals surface area contributed by atoms with E-state index in [0.29, 0.717) is 0 Å². The van der Waals surface area contributed by atoms with E-state index >= 15 is 0 Å². The van der Waals surface area contributed by atoms with Crippen molar-refractivity contribution in [2.24, 2.45) is 0 Å². The molecule has 4 nitrogen and oxygen atoms in total. The van der Waals surface area contributed by atoms with Crippen LogP contribution in [0.5, 0.6) is 5.88 Å². The maximum absolute atomic E-state index is 12.9. The number of carbonyl (C=O) groups is 1. The number of halogens is 3. The molecule has 1 aromatic heterocycles. The molecule has 130 valence electrons. The van der Waals surface area contributed by atoms with Gasteiger partial charge in [-0.05, 0) is 23.8 Å². The number of alkyl halides is 3. The van der Waals surface area contributed by atoms with E-state index < -0.39 is 23.7 Å². The van der Waals surface area contributed by atoms with Crippen LogP contribution in [0.15, 0.2) is 54.7 Å². The van der Waals surface area contributed by atoms with Gasteiger partial charge in [0, 0.05) is 12.3 Å². The first-order chi connectivity index (χ1) is 11.9. The lowest BCUT2D eigenvalue weighted by molar-refractivity contribution is -0.143. The Morgan fingerprint density at radius 2 is 1.88 bits per heavy atom. The molecule has 0 radical (unpaired) electrons. The van der Waals surface area contributed by atoms with Gasteiger partial charge in [0.05, 0.1) is 13.1 Å². The molecule has 1 amide bonds. The molecule has 0 spiro atoms. The number of amides is 1. The third-order valence-corrected chi connectivity index (χ3v) is 3.73. The van der Waals surface area contributed by atoms with Crippen LogP contribution in [0.4, 0.5) is 13.2 Å². The number of hydrogen-bond donors (Lipinski definition) is 0. The van der Waals surface area contributed by atoms with E-state index in [1.54, 1.807) is 6.08 Å². The van der Waals surface area contributed by atoms with Crippen molar-refractivity contribution in [2.45, 2.75) is 12.3 Å². The van der Waals surface area contributed by atoms with Crippen molar-refractivity contribution in [2.75, 3.05) is 13.1 Å². The summed E-state index contributed by atoms with van der Waals surface area (Å²) in [5.74, 6) is -0.660. The van der Waals surface area contributed by atoms with Crippen molar-refractivity contribution in [1.29, 1.82) is 0 Å². The van der Waals surface area contributed by atoms with Crippen LogP contribution in [0, 0.1) is 0 Å². The molecule has 0 unspecified atom stereocenters. The summed E-state index contributed by atoms with van der Waals surface area (Å²) in [6, 6.07) is 11.5. The first-order valence-corrected chi connectivity index (χ1v) is 7.64. The second-order valence-corrected chi connectivity index (χ2v) is 5.58. The zero-order valence-electron chi connectivity index (χ0n) is 13.1. The summed E-state index contributed by atoms with van der Waals surface area (Å²) in [6.45, 7) is 0.456. The molecule has 1 fully saturated rings. The van der Waals surface area contributed by atoms with Gasteiger partial charge in [-0.15, -0.1) is 0 Å². The van der Waals surface area contributed by atoms with Crippen LogP contribution in [0.1, 0.15) is 11.1 Å². The number of benzene rings is 1. The van der Waals surface area contributed by atoms with Crippen molar-refractivity contribution in [3.05, 3.63) is 65.9 Å². The summed E-state index contributed by atoms with van der Waals surface area (Å²) in [7, 11) is 0. The minimum Gasteiger partial charge on any atom is -0.470 e. The van der Waals surface area contributed by atoms with Gasteiger partial charge in [-0.25, -0.2) is 4.98 Å². The van der Waals surface area contributed by atoms with E-state index in [4.69, 9.17) is 4.74 Å². The summed E-state index contributed by atoms with van der Waals surface area (Å²) in [4.78, 5) is 17.2. The number of carbonyl (C=O) groups excluding carboxylic acids is 1. The molecule has 1 aliphatic heterocycles. The third-order valence-electron chi connectivity index (χ3n) is 3.73. The lowest BCUT2D eigenvalue weighted by Crippen LogP contribution is -2.55. The van der Waals surface area contributed by atoms with E-state index in [1.165, 1.54) is 23.2 Å². The van der Waals surface area contributed by atoms with Gasteiger partial charge in [-0.3, -0.25) is 4.79 Å². The van der Waals surface area contributed by atoms with Crippen molar-refractivity contribution in [3.8, 4) is 5.88 Å². The Balaban J connectivity index is 1.55. The first kappa shape index (κ1) is 17.0. The Morgan fingerprint density at radius 1 is 1.16 bits per heavy atom. The Labute approximate surface area is 142 Å². The molecule has 2 aromatic rings. The second-order valence-electron chi connectivity index (χ2n) is 5.58. The SMILES string of the molecule is O=C(/C=C/c1ccccc1)N1CC(Oc2ncccc2C(F)(F)F)C1. The normalized spacial score (nSPS) is 15.2. The number of hydrogen-bond acceptors (Lipinski definition) is 3. The van der Waals surface area contributed by atoms with Crippen LogP contribution in [0.25, 0.3) is 6.08 Å². The number of aromatic nitrogens is 1. The molecule has 1 saturated heterocycles. The van der Waals surface area contributed by atoms with Crippen LogP contribution >= 0.6 is 0 Å². The van der Waals surface area contributed by atoms with Crippen LogP contribution in [0.2, 0.25) is 0 Å². The van der Waals surface area contributed by atoms with Gasteiger partial charge in [-0.1, -0.05) is 30.3 Å². The van der Waals surface area contributed by atoms with Crippen LogP contribution < -0.4 is 4.74 Å². The average molecular weight is 348 g/mol. The van der Waals surface area contributed by atoms with Crippen LogP contribution in [0.3, 0.4) is 0 Å². The van der Waals surface area contributed by atoms with E-state index in [9.17, 15) is 18.0 Å². The number of nitrogens with zero attached hydrogens (tertiary/aromatic N) is 2. The summed E-state index contributed by atoms with van der Waals surface area (Å²) in [6.07, 6.45) is -0.648. The van der Waals surface area contributed by atoms with E-state index in [0.717, 1.165) is 11.6 Å². The molecule has 7 heteroatoms. The Kier molecular flexibility index (Phi) is 4.74. The maximum Gasteiger partial charge on any atom is 0.421 e. The molecular formula is C18H15F3N2O2. The molecule has 0 bridgehead atoms. The summed E-state index contributed by atoms with van der Waals surface area (Å²) >= 11 is 0. The van der Waals surface area contributed by atoms with Gasteiger partial charge in [0.25, 0.3) is 0 Å². The van der Waals surface area contributed by atoms with E-state index in [2.05, 4.69) is 4.98 Å². The Morgan fingerprint density at radius 3 is 2.56 bits per heavy atom. The molecule has 0 atom stereocenters. The lowest BCUT2D eigenvalue weighted by atomic mass is 10.1. The smallest absolute Gasteiger partial charge is 0.421 e. The van der Waals surface area contributed by atoms with Gasteiger partial charge < -0.3 is 9.64 Å². The fourth-order valence-electron chi connectivity index (χ4n) is 2.39. The highest BCUT2D eigenvalue weighted by molar-refractivity contribution is 5.92. The van der Waals surface area contributed by atoms with Crippen molar-refractivity contribution < 1.29 is 22.7 Å². The standard InChI is InChI=1S/C18H15F3N2O2/c19-18(20,21)15-7-4-10-22-17(15)25-14-11-23(12-14)16(24)9-8-13-5-2-1-3-6-13/h1-10,14H,11-12H2/b9-8+. The van der Waals surface area contributed by atoms with Crippen molar-refractivity contribution in [3.63, 3.8) is 0 Å². The van der Waals surface area contributed by atoms with Gasteiger partial charge >= 0.3 is 6.18 Å². The highest BCUT2D eigenvalue weighted by Crippen LogP contribution is 2.35. The predicted octanol–water partition coefficient (Wildman–Crippen LogP) is 3.40. The molecule has 0 saturated carbocycles. The predicted molar refractivity (Wildman–Crippen MR) is 85.7 cm³/mol. The number of rotatable bonds is 4. The summed E-state index contributed by atoms with van der Waals surface area (Å²) < 4.78 is 44.0. The van der Waals surface area contributed by atoms with Gasteiger partial charge in [0.15, 0.2) is 0 Å². The molecule has 2 heterocycles. The quantitative estimate of drug-likeness (QED) is 0.796. The van der Waals surface area contributed by atoms with Crippen LogP contribution in [-0.4, -0.2) is 35.0 Å². The Hall–Kier alpha value is -2.83. The second kappa shape index (κ2) is 6.96. The third kappa shape index (κ3) is 4.17. The monoisotopic (exact) mass is 348 g/mol. The Bertz CT molecular complexity index is 769. The van der Waals surface area contributed by atoms with Gasteiger partial charge in [0.2, 0.25) is 11.8 Å². The number of ether oxygens (including phenoxy) is 1. The molecule has 1 aromatic carbocycles. The topological polar surface area (TPSA) is 42.4 Å². The lowest BCUT2D eigenvalue weighted by Gasteiger charge is -2.38. The van der Waals surface area contributed by atoms with E-state index in [-0.39, 0.29) is 19.0 Å². The molecule has 1 aliphatic rings. The largest absolute Gasteiger partial charge is 0.470 e. The average Bonchev–Trinajstić information content (AvgIpc) is 2.56. The summed E-state index contributed by atoms with van der Waals surface area (Å²) in [5, 5.41) is 0.